The number of amides is 2. The summed E-state index contributed by atoms with van der Waals surface area (Å²) in [4.78, 5) is 44.7. The molecule has 0 aliphatic carbocycles. The predicted molar refractivity (Wildman–Crippen MR) is 121 cm³/mol. The Labute approximate surface area is 190 Å². The summed E-state index contributed by atoms with van der Waals surface area (Å²) in [5.41, 5.74) is 0.344. The highest BCUT2D eigenvalue weighted by atomic mass is 35.5. The number of H-pyrrole nitrogens is 1. The van der Waals surface area contributed by atoms with Crippen LogP contribution in [-0.2, 0) is 9.59 Å². The molecule has 8 nitrogen and oxygen atoms in total. The molecule has 2 heterocycles. The average molecular weight is 479 g/mol. The molecule has 0 saturated carbocycles. The van der Waals surface area contributed by atoms with E-state index in [1.807, 2.05) is 0 Å². The third kappa shape index (κ3) is 4.51. The van der Waals surface area contributed by atoms with Gasteiger partial charge in [-0.2, -0.15) is 4.98 Å². The number of nitrogens with zero attached hydrogens (tertiary/aromatic N) is 1. The Kier molecular flexibility index (Phi) is 5.86. The van der Waals surface area contributed by atoms with Gasteiger partial charge in [0.25, 0.3) is 5.56 Å². The van der Waals surface area contributed by atoms with Crippen molar-refractivity contribution in [3.05, 3.63) is 73.4 Å². The molecule has 1 atom stereocenters. The van der Waals surface area contributed by atoms with Gasteiger partial charge in [0.15, 0.2) is 0 Å². The SMILES string of the molecule is O=C1C[C@@H](C(=O)Nc2cccc(Cl)c2Cl)c2c(nc(Nc3cccc(Cl)c3)[nH]c2=O)N1. The van der Waals surface area contributed by atoms with Crippen LogP contribution < -0.4 is 21.5 Å². The van der Waals surface area contributed by atoms with Gasteiger partial charge in [-0.25, -0.2) is 0 Å². The number of fused-ring (bicyclic) bond motifs is 1. The lowest BCUT2D eigenvalue weighted by molar-refractivity contribution is -0.123. The highest BCUT2D eigenvalue weighted by Crippen LogP contribution is 2.33. The second-order valence-electron chi connectivity index (χ2n) is 6.71. The Bertz CT molecular complexity index is 1260. The summed E-state index contributed by atoms with van der Waals surface area (Å²) in [5.74, 6) is -2.00. The van der Waals surface area contributed by atoms with E-state index in [2.05, 4.69) is 25.9 Å². The maximum absolute atomic E-state index is 12.9. The van der Waals surface area contributed by atoms with Crippen LogP contribution in [0.4, 0.5) is 23.1 Å². The number of benzene rings is 2. The fraction of sp³-hybridized carbons (Fsp3) is 0.100. The predicted octanol–water partition coefficient (Wildman–Crippen LogP) is 4.54. The standard InChI is InChI=1S/C20H14Cl3N5O3/c21-9-3-1-4-10(7-9)24-20-27-17-15(19(31)28-20)11(8-14(29)26-17)18(30)25-13-6-2-5-12(22)16(13)23/h1-7,11H,8H2,(H,25,30)(H3,24,26,27,28,29,31)/t11-/m1/s1. The number of anilines is 4. The second kappa shape index (κ2) is 8.58. The van der Waals surface area contributed by atoms with Gasteiger partial charge in [0.1, 0.15) is 5.82 Å². The molecule has 1 aromatic heterocycles. The van der Waals surface area contributed by atoms with Crippen molar-refractivity contribution in [2.24, 2.45) is 0 Å². The van der Waals surface area contributed by atoms with E-state index < -0.39 is 23.3 Å². The minimum absolute atomic E-state index is 0.00173. The van der Waals surface area contributed by atoms with Gasteiger partial charge in [-0.15, -0.1) is 0 Å². The zero-order chi connectivity index (χ0) is 22.1. The van der Waals surface area contributed by atoms with E-state index >= 15 is 0 Å². The van der Waals surface area contributed by atoms with Crippen LogP contribution in [0, 0.1) is 0 Å². The topological polar surface area (TPSA) is 116 Å². The molecule has 0 saturated heterocycles. The van der Waals surface area contributed by atoms with Crippen LogP contribution in [0.1, 0.15) is 17.9 Å². The van der Waals surface area contributed by atoms with E-state index in [4.69, 9.17) is 34.8 Å². The fourth-order valence-corrected chi connectivity index (χ4v) is 3.72. The molecule has 0 spiro atoms. The molecule has 31 heavy (non-hydrogen) atoms. The number of hydrogen-bond donors (Lipinski definition) is 4. The highest BCUT2D eigenvalue weighted by molar-refractivity contribution is 6.44. The van der Waals surface area contributed by atoms with Gasteiger partial charge in [0.05, 0.1) is 27.2 Å². The van der Waals surface area contributed by atoms with E-state index in [0.29, 0.717) is 10.7 Å². The summed E-state index contributed by atoms with van der Waals surface area (Å²) in [6, 6.07) is 11.6. The molecule has 2 aromatic carbocycles. The van der Waals surface area contributed by atoms with E-state index in [-0.39, 0.29) is 39.5 Å². The van der Waals surface area contributed by atoms with E-state index in [0.717, 1.165) is 0 Å². The molecule has 0 fully saturated rings. The van der Waals surface area contributed by atoms with E-state index in [1.54, 1.807) is 42.5 Å². The van der Waals surface area contributed by atoms with Crippen LogP contribution in [0.2, 0.25) is 15.1 Å². The van der Waals surface area contributed by atoms with Gasteiger partial charge in [-0.3, -0.25) is 19.4 Å². The van der Waals surface area contributed by atoms with Gasteiger partial charge < -0.3 is 16.0 Å². The number of nitrogens with one attached hydrogen (secondary N) is 4. The number of aromatic nitrogens is 2. The lowest BCUT2D eigenvalue weighted by Gasteiger charge is -2.24. The molecule has 4 rings (SSSR count). The Balaban J connectivity index is 1.66. The normalized spacial score (nSPS) is 15.1. The monoisotopic (exact) mass is 477 g/mol. The lowest BCUT2D eigenvalue weighted by atomic mass is 9.92. The van der Waals surface area contributed by atoms with Gasteiger partial charge in [0, 0.05) is 17.1 Å². The lowest BCUT2D eigenvalue weighted by Crippen LogP contribution is -2.36. The summed E-state index contributed by atoms with van der Waals surface area (Å²) in [5, 5.41) is 9.00. The van der Waals surface area contributed by atoms with Crippen LogP contribution in [-0.4, -0.2) is 21.8 Å². The Hall–Kier alpha value is -3.07. The quantitative estimate of drug-likeness (QED) is 0.439. The number of hydrogen-bond acceptors (Lipinski definition) is 5. The molecule has 0 unspecified atom stereocenters. The molecule has 4 N–H and O–H groups in total. The van der Waals surface area contributed by atoms with Crippen molar-refractivity contribution in [2.45, 2.75) is 12.3 Å². The molecular weight excluding hydrogens is 465 g/mol. The maximum Gasteiger partial charge on any atom is 0.258 e. The third-order valence-electron chi connectivity index (χ3n) is 4.56. The smallest absolute Gasteiger partial charge is 0.258 e. The van der Waals surface area contributed by atoms with Crippen LogP contribution in [0.15, 0.2) is 47.3 Å². The zero-order valence-electron chi connectivity index (χ0n) is 15.6. The number of rotatable bonds is 4. The van der Waals surface area contributed by atoms with Crippen molar-refractivity contribution in [1.82, 2.24) is 9.97 Å². The van der Waals surface area contributed by atoms with Crippen molar-refractivity contribution in [3.8, 4) is 0 Å². The fourth-order valence-electron chi connectivity index (χ4n) is 3.18. The summed E-state index contributed by atoms with van der Waals surface area (Å²) >= 11 is 18.1. The maximum atomic E-state index is 12.9. The minimum Gasteiger partial charge on any atom is -0.326 e. The first-order chi connectivity index (χ1) is 14.8. The number of carbonyl (C=O) groups excluding carboxylic acids is 2. The Morgan fingerprint density at radius 2 is 1.87 bits per heavy atom. The van der Waals surface area contributed by atoms with Crippen molar-refractivity contribution in [3.63, 3.8) is 0 Å². The average Bonchev–Trinajstić information content (AvgIpc) is 2.70. The summed E-state index contributed by atoms with van der Waals surface area (Å²) in [6.45, 7) is 0. The van der Waals surface area contributed by atoms with Crippen LogP contribution in [0.25, 0.3) is 0 Å². The van der Waals surface area contributed by atoms with Crippen molar-refractivity contribution in [1.29, 1.82) is 0 Å². The Morgan fingerprint density at radius 1 is 1.10 bits per heavy atom. The van der Waals surface area contributed by atoms with Crippen LogP contribution >= 0.6 is 34.8 Å². The molecule has 1 aliphatic heterocycles. The minimum atomic E-state index is -1.06. The first kappa shape index (κ1) is 21.2. The van der Waals surface area contributed by atoms with Gasteiger partial charge in [-0.05, 0) is 30.3 Å². The first-order valence-corrected chi connectivity index (χ1v) is 10.2. The van der Waals surface area contributed by atoms with Gasteiger partial charge >= 0.3 is 0 Å². The molecule has 1 aliphatic rings. The summed E-state index contributed by atoms with van der Waals surface area (Å²) in [7, 11) is 0. The Morgan fingerprint density at radius 3 is 2.65 bits per heavy atom. The third-order valence-corrected chi connectivity index (χ3v) is 5.62. The molecule has 3 aromatic rings. The first-order valence-electron chi connectivity index (χ1n) is 9.03. The van der Waals surface area contributed by atoms with E-state index in [1.165, 1.54) is 0 Å². The molecular formula is C20H14Cl3N5O3. The molecule has 2 amide bonds. The number of aromatic amines is 1. The second-order valence-corrected chi connectivity index (χ2v) is 7.93. The summed E-state index contributed by atoms with van der Waals surface area (Å²) < 4.78 is 0. The highest BCUT2D eigenvalue weighted by Gasteiger charge is 2.35. The largest absolute Gasteiger partial charge is 0.326 e. The molecule has 158 valence electrons. The van der Waals surface area contributed by atoms with Gasteiger partial charge in [0.2, 0.25) is 17.8 Å². The van der Waals surface area contributed by atoms with Crippen LogP contribution in [0.5, 0.6) is 0 Å². The summed E-state index contributed by atoms with van der Waals surface area (Å²) in [6.07, 6.45) is -0.219. The zero-order valence-corrected chi connectivity index (χ0v) is 17.9. The number of halogens is 3. The van der Waals surface area contributed by atoms with Crippen molar-refractivity contribution in [2.75, 3.05) is 16.0 Å². The molecule has 0 radical (unpaired) electrons. The van der Waals surface area contributed by atoms with Gasteiger partial charge in [-0.1, -0.05) is 46.9 Å². The molecule has 11 heteroatoms. The molecule has 0 bridgehead atoms. The van der Waals surface area contributed by atoms with Crippen molar-refractivity contribution >= 4 is 69.8 Å². The number of carbonyl (C=O) groups is 2. The van der Waals surface area contributed by atoms with Crippen LogP contribution in [0.3, 0.4) is 0 Å². The van der Waals surface area contributed by atoms with E-state index in [9.17, 15) is 14.4 Å². The van der Waals surface area contributed by atoms with Crippen molar-refractivity contribution < 1.29 is 9.59 Å².